The number of carbonyl (C=O) groups excluding carboxylic acids is 1. The molecule has 0 radical (unpaired) electrons. The maximum absolute atomic E-state index is 12.2. The van der Waals surface area contributed by atoms with E-state index in [2.05, 4.69) is 20.3 Å². The minimum absolute atomic E-state index is 0.0728. The normalized spacial score (nSPS) is 12.7. The Morgan fingerprint density at radius 1 is 1.38 bits per heavy atom. The maximum atomic E-state index is 12.2. The van der Waals surface area contributed by atoms with Gasteiger partial charge in [-0.2, -0.15) is 4.72 Å². The first kappa shape index (κ1) is 17.4. The lowest BCUT2D eigenvalue weighted by Gasteiger charge is -2.14. The topological polar surface area (TPSA) is 100 Å². The van der Waals surface area contributed by atoms with Gasteiger partial charge in [0.05, 0.1) is 10.9 Å². The van der Waals surface area contributed by atoms with Crippen molar-refractivity contribution in [3.63, 3.8) is 0 Å². The van der Waals surface area contributed by atoms with Crippen molar-refractivity contribution in [3.05, 3.63) is 18.3 Å². The molecule has 0 aromatic carbocycles. The average molecular weight is 314 g/mol. The van der Waals surface area contributed by atoms with Gasteiger partial charge in [0.15, 0.2) is 0 Å². The summed E-state index contributed by atoms with van der Waals surface area (Å²) >= 11 is 0. The molecular weight excluding hydrogens is 292 g/mol. The molecule has 1 aromatic heterocycles. The molecule has 0 saturated carbocycles. The second-order valence-corrected chi connectivity index (χ2v) is 6.26. The number of hydrogen-bond donors (Lipinski definition) is 3. The Kier molecular flexibility index (Phi) is 6.57. The second-order valence-electron chi connectivity index (χ2n) is 4.54. The number of rotatable bonds is 8. The number of amides is 1. The van der Waals surface area contributed by atoms with E-state index in [1.54, 1.807) is 0 Å². The Labute approximate surface area is 125 Å². The van der Waals surface area contributed by atoms with E-state index in [0.717, 1.165) is 6.42 Å². The van der Waals surface area contributed by atoms with Gasteiger partial charge in [-0.05, 0) is 26.3 Å². The summed E-state index contributed by atoms with van der Waals surface area (Å²) in [6, 6.07) is 1.99. The highest BCUT2D eigenvalue weighted by Gasteiger charge is 2.22. The molecule has 1 amide bonds. The standard InChI is InChI=1S/C13H22N4O3S/c1-4-7-16-13(18)10(3)17-21(19,20)11-6-8-15-12(9-11)14-5-2/h6,8-10,17H,4-5,7H2,1-3H3,(H,14,15)(H,16,18). The smallest absolute Gasteiger partial charge is 0.241 e. The predicted octanol–water partition coefficient (Wildman–Crippen LogP) is 0.706. The predicted molar refractivity (Wildman–Crippen MR) is 81.5 cm³/mol. The van der Waals surface area contributed by atoms with E-state index in [9.17, 15) is 13.2 Å². The van der Waals surface area contributed by atoms with Gasteiger partial charge in [0.2, 0.25) is 15.9 Å². The van der Waals surface area contributed by atoms with Crippen LogP contribution in [0.1, 0.15) is 27.2 Å². The summed E-state index contributed by atoms with van der Waals surface area (Å²) in [6.07, 6.45) is 2.20. The van der Waals surface area contributed by atoms with Gasteiger partial charge in [-0.15, -0.1) is 0 Å². The van der Waals surface area contributed by atoms with Crippen LogP contribution in [0.4, 0.5) is 5.82 Å². The molecule has 118 valence electrons. The molecule has 8 heteroatoms. The molecule has 0 aliphatic carbocycles. The van der Waals surface area contributed by atoms with Crippen LogP contribution < -0.4 is 15.4 Å². The molecule has 0 aliphatic heterocycles. The molecule has 1 aromatic rings. The number of sulfonamides is 1. The number of carbonyl (C=O) groups is 1. The number of anilines is 1. The molecule has 0 saturated heterocycles. The second kappa shape index (κ2) is 7.94. The third kappa shape index (κ3) is 5.31. The van der Waals surface area contributed by atoms with Crippen molar-refractivity contribution in [2.24, 2.45) is 0 Å². The van der Waals surface area contributed by atoms with Crippen LogP contribution in [-0.2, 0) is 14.8 Å². The summed E-state index contributed by atoms with van der Waals surface area (Å²) in [5.41, 5.74) is 0. The van der Waals surface area contributed by atoms with Crippen LogP contribution in [0.15, 0.2) is 23.2 Å². The van der Waals surface area contributed by atoms with E-state index >= 15 is 0 Å². The van der Waals surface area contributed by atoms with Crippen LogP contribution >= 0.6 is 0 Å². The first-order chi connectivity index (χ1) is 9.90. The lowest BCUT2D eigenvalue weighted by Crippen LogP contribution is -2.44. The summed E-state index contributed by atoms with van der Waals surface area (Å²) in [5, 5.41) is 5.59. The first-order valence-corrected chi connectivity index (χ1v) is 8.39. The zero-order chi connectivity index (χ0) is 15.9. The number of pyridine rings is 1. The van der Waals surface area contributed by atoms with Gasteiger partial charge in [0.25, 0.3) is 0 Å². The Bertz CT molecular complexity index is 575. The highest BCUT2D eigenvalue weighted by Crippen LogP contribution is 2.12. The van der Waals surface area contributed by atoms with Crippen molar-refractivity contribution in [2.75, 3.05) is 18.4 Å². The Morgan fingerprint density at radius 2 is 2.10 bits per heavy atom. The van der Waals surface area contributed by atoms with Crippen molar-refractivity contribution >= 4 is 21.7 Å². The van der Waals surface area contributed by atoms with Gasteiger partial charge in [0, 0.05) is 25.4 Å². The molecule has 1 rings (SSSR count). The lowest BCUT2D eigenvalue weighted by atomic mass is 10.3. The molecule has 0 fully saturated rings. The van der Waals surface area contributed by atoms with Gasteiger partial charge in [-0.3, -0.25) is 4.79 Å². The fourth-order valence-electron chi connectivity index (χ4n) is 1.61. The van der Waals surface area contributed by atoms with Crippen molar-refractivity contribution in [2.45, 2.75) is 38.1 Å². The molecule has 0 bridgehead atoms. The molecule has 7 nitrogen and oxygen atoms in total. The van der Waals surface area contributed by atoms with Crippen LogP contribution in [0.25, 0.3) is 0 Å². The van der Waals surface area contributed by atoms with Crippen molar-refractivity contribution in [1.29, 1.82) is 0 Å². The minimum Gasteiger partial charge on any atom is -0.370 e. The quantitative estimate of drug-likeness (QED) is 0.656. The van der Waals surface area contributed by atoms with Crippen LogP contribution in [0, 0.1) is 0 Å². The van der Waals surface area contributed by atoms with Crippen LogP contribution in [0.2, 0.25) is 0 Å². The first-order valence-electron chi connectivity index (χ1n) is 6.90. The third-order valence-electron chi connectivity index (χ3n) is 2.67. The zero-order valence-electron chi connectivity index (χ0n) is 12.5. The van der Waals surface area contributed by atoms with Crippen molar-refractivity contribution in [1.82, 2.24) is 15.0 Å². The van der Waals surface area contributed by atoms with Gasteiger partial charge >= 0.3 is 0 Å². The number of aromatic nitrogens is 1. The molecule has 1 heterocycles. The average Bonchev–Trinajstić information content (AvgIpc) is 2.45. The molecule has 1 unspecified atom stereocenters. The zero-order valence-corrected chi connectivity index (χ0v) is 13.3. The van der Waals surface area contributed by atoms with E-state index < -0.39 is 16.1 Å². The fourth-order valence-corrected chi connectivity index (χ4v) is 2.83. The van der Waals surface area contributed by atoms with E-state index in [0.29, 0.717) is 18.9 Å². The van der Waals surface area contributed by atoms with Crippen molar-refractivity contribution < 1.29 is 13.2 Å². The summed E-state index contributed by atoms with van der Waals surface area (Å²) in [7, 11) is -3.76. The summed E-state index contributed by atoms with van der Waals surface area (Å²) < 4.78 is 26.8. The Hall–Kier alpha value is -1.67. The highest BCUT2D eigenvalue weighted by molar-refractivity contribution is 7.89. The minimum atomic E-state index is -3.76. The SMILES string of the molecule is CCCNC(=O)C(C)NS(=O)(=O)c1ccnc(NCC)c1. The molecule has 0 spiro atoms. The lowest BCUT2D eigenvalue weighted by molar-refractivity contribution is -0.122. The largest absolute Gasteiger partial charge is 0.370 e. The number of nitrogens with zero attached hydrogens (tertiary/aromatic N) is 1. The van der Waals surface area contributed by atoms with Gasteiger partial charge in [0.1, 0.15) is 5.82 Å². The van der Waals surface area contributed by atoms with Gasteiger partial charge in [-0.1, -0.05) is 6.92 Å². The van der Waals surface area contributed by atoms with E-state index in [1.165, 1.54) is 25.3 Å². The number of nitrogens with one attached hydrogen (secondary N) is 3. The van der Waals surface area contributed by atoms with Crippen LogP contribution in [0.5, 0.6) is 0 Å². The fraction of sp³-hybridized carbons (Fsp3) is 0.538. The van der Waals surface area contributed by atoms with Crippen LogP contribution in [0.3, 0.4) is 0 Å². The van der Waals surface area contributed by atoms with Gasteiger partial charge < -0.3 is 10.6 Å². The molecular formula is C13H22N4O3S. The van der Waals surface area contributed by atoms with Crippen molar-refractivity contribution in [3.8, 4) is 0 Å². The highest BCUT2D eigenvalue weighted by atomic mass is 32.2. The van der Waals surface area contributed by atoms with E-state index in [4.69, 9.17) is 0 Å². The summed E-state index contributed by atoms with van der Waals surface area (Å²) in [5.74, 6) is 0.129. The third-order valence-corrected chi connectivity index (χ3v) is 4.21. The van der Waals surface area contributed by atoms with E-state index in [-0.39, 0.29) is 10.8 Å². The maximum Gasteiger partial charge on any atom is 0.241 e. The molecule has 21 heavy (non-hydrogen) atoms. The molecule has 1 atom stereocenters. The van der Waals surface area contributed by atoms with Gasteiger partial charge in [-0.25, -0.2) is 13.4 Å². The number of hydrogen-bond acceptors (Lipinski definition) is 5. The van der Waals surface area contributed by atoms with E-state index in [1.807, 2.05) is 13.8 Å². The molecule has 3 N–H and O–H groups in total. The molecule has 0 aliphatic rings. The Balaban J connectivity index is 2.81. The Morgan fingerprint density at radius 3 is 2.71 bits per heavy atom. The summed E-state index contributed by atoms with van der Waals surface area (Å²) in [4.78, 5) is 15.8. The summed E-state index contributed by atoms with van der Waals surface area (Å²) in [6.45, 7) is 6.48. The van der Waals surface area contributed by atoms with Crippen LogP contribution in [-0.4, -0.2) is 38.4 Å². The monoisotopic (exact) mass is 314 g/mol.